The van der Waals surface area contributed by atoms with Crippen molar-refractivity contribution in [1.29, 1.82) is 0 Å². The molecule has 3 rings (SSSR count). The first kappa shape index (κ1) is 26.0. The van der Waals surface area contributed by atoms with Crippen LogP contribution >= 0.6 is 0 Å². The molecule has 0 spiro atoms. The SMILES string of the molecule is COc1cc(CC(=O)NC(C)C2CCN(CC(=O)O)CC2)ccc1NC(=O)Nc1ccccc1C. The third kappa shape index (κ3) is 7.71. The molecule has 1 aliphatic heterocycles. The van der Waals surface area contributed by atoms with Crippen LogP contribution in [0.2, 0.25) is 0 Å². The van der Waals surface area contributed by atoms with E-state index in [1.807, 2.05) is 43.0 Å². The summed E-state index contributed by atoms with van der Waals surface area (Å²) in [6, 6.07) is 12.4. The molecule has 9 nitrogen and oxygen atoms in total. The van der Waals surface area contributed by atoms with E-state index in [-0.39, 0.29) is 30.9 Å². The number of ether oxygens (including phenoxy) is 1. The number of urea groups is 1. The predicted octanol–water partition coefficient (Wildman–Crippen LogP) is 3.49. The summed E-state index contributed by atoms with van der Waals surface area (Å²) in [5, 5.41) is 17.6. The molecule has 0 aliphatic carbocycles. The van der Waals surface area contributed by atoms with E-state index in [0.29, 0.717) is 17.4 Å². The normalized spacial score (nSPS) is 15.2. The summed E-state index contributed by atoms with van der Waals surface area (Å²) in [4.78, 5) is 37.9. The number of nitrogens with one attached hydrogen (secondary N) is 3. The number of para-hydroxylation sites is 1. The Morgan fingerprint density at radius 3 is 2.43 bits per heavy atom. The zero-order chi connectivity index (χ0) is 25.4. The van der Waals surface area contributed by atoms with Gasteiger partial charge in [-0.05, 0) is 75.0 Å². The Kier molecular flexibility index (Phi) is 9.08. The lowest BCUT2D eigenvalue weighted by molar-refractivity contribution is -0.138. The molecule has 188 valence electrons. The Morgan fingerprint density at radius 2 is 1.77 bits per heavy atom. The number of carbonyl (C=O) groups is 3. The van der Waals surface area contributed by atoms with E-state index in [9.17, 15) is 14.4 Å². The van der Waals surface area contributed by atoms with Crippen LogP contribution in [-0.4, -0.2) is 60.7 Å². The predicted molar refractivity (Wildman–Crippen MR) is 135 cm³/mol. The van der Waals surface area contributed by atoms with Crippen molar-refractivity contribution in [3.63, 3.8) is 0 Å². The number of amides is 3. The van der Waals surface area contributed by atoms with Crippen LogP contribution in [0.15, 0.2) is 42.5 Å². The van der Waals surface area contributed by atoms with Crippen LogP contribution in [-0.2, 0) is 16.0 Å². The van der Waals surface area contributed by atoms with Crippen LogP contribution in [0.4, 0.5) is 16.2 Å². The summed E-state index contributed by atoms with van der Waals surface area (Å²) in [6.45, 7) is 5.42. The van der Waals surface area contributed by atoms with Crippen molar-refractivity contribution in [1.82, 2.24) is 10.2 Å². The van der Waals surface area contributed by atoms with E-state index in [1.165, 1.54) is 7.11 Å². The number of carbonyl (C=O) groups excluding carboxylic acids is 2. The molecule has 2 aromatic carbocycles. The maximum atomic E-state index is 12.7. The minimum absolute atomic E-state index is 0.00227. The largest absolute Gasteiger partial charge is 0.495 e. The van der Waals surface area contributed by atoms with Crippen molar-refractivity contribution in [2.75, 3.05) is 37.4 Å². The molecule has 3 amide bonds. The number of benzene rings is 2. The zero-order valence-electron chi connectivity index (χ0n) is 20.5. The average molecular weight is 483 g/mol. The fourth-order valence-electron chi connectivity index (χ4n) is 4.35. The number of carboxylic acid groups (broad SMARTS) is 1. The first-order valence-electron chi connectivity index (χ1n) is 11.8. The molecule has 1 heterocycles. The number of likely N-dealkylation sites (tertiary alicyclic amines) is 1. The number of anilines is 2. The van der Waals surface area contributed by atoms with Crippen LogP contribution in [0.5, 0.6) is 5.75 Å². The quantitative estimate of drug-likeness (QED) is 0.434. The maximum absolute atomic E-state index is 12.7. The second-order valence-corrected chi connectivity index (χ2v) is 8.97. The van der Waals surface area contributed by atoms with Gasteiger partial charge in [0.1, 0.15) is 5.75 Å². The first-order valence-corrected chi connectivity index (χ1v) is 11.8. The number of rotatable bonds is 9. The molecule has 9 heteroatoms. The Hall–Kier alpha value is -3.59. The number of aryl methyl sites for hydroxylation is 1. The molecular formula is C26H34N4O5. The monoisotopic (exact) mass is 482 g/mol. The summed E-state index contributed by atoms with van der Waals surface area (Å²) in [6.07, 6.45) is 1.90. The second-order valence-electron chi connectivity index (χ2n) is 8.97. The summed E-state index contributed by atoms with van der Waals surface area (Å²) in [5.41, 5.74) is 2.95. The molecule has 4 N–H and O–H groups in total. The van der Waals surface area contributed by atoms with E-state index in [2.05, 4.69) is 16.0 Å². The van der Waals surface area contributed by atoms with Gasteiger partial charge in [-0.1, -0.05) is 24.3 Å². The lowest BCUT2D eigenvalue weighted by atomic mass is 9.90. The molecule has 0 aromatic heterocycles. The third-order valence-electron chi connectivity index (χ3n) is 6.36. The highest BCUT2D eigenvalue weighted by molar-refractivity contribution is 6.01. The minimum Gasteiger partial charge on any atom is -0.495 e. The molecule has 1 unspecified atom stereocenters. The van der Waals surface area contributed by atoms with Gasteiger partial charge in [0.2, 0.25) is 5.91 Å². The zero-order valence-corrected chi connectivity index (χ0v) is 20.5. The molecule has 35 heavy (non-hydrogen) atoms. The molecule has 0 saturated carbocycles. The number of nitrogens with zero attached hydrogens (tertiary/aromatic N) is 1. The molecule has 1 saturated heterocycles. The van der Waals surface area contributed by atoms with Gasteiger partial charge in [-0.25, -0.2) is 4.79 Å². The van der Waals surface area contributed by atoms with Crippen molar-refractivity contribution < 1.29 is 24.2 Å². The van der Waals surface area contributed by atoms with E-state index < -0.39 is 5.97 Å². The number of methoxy groups -OCH3 is 1. The highest BCUT2D eigenvalue weighted by atomic mass is 16.5. The van der Waals surface area contributed by atoms with Crippen LogP contribution < -0.4 is 20.7 Å². The molecular weight excluding hydrogens is 448 g/mol. The number of hydrogen-bond donors (Lipinski definition) is 4. The molecule has 1 fully saturated rings. The minimum atomic E-state index is -0.812. The fourth-order valence-corrected chi connectivity index (χ4v) is 4.35. The van der Waals surface area contributed by atoms with Gasteiger partial charge < -0.3 is 25.8 Å². The molecule has 2 aromatic rings. The molecule has 0 bridgehead atoms. The highest BCUT2D eigenvalue weighted by Gasteiger charge is 2.25. The average Bonchev–Trinajstić information content (AvgIpc) is 2.81. The van der Waals surface area contributed by atoms with E-state index >= 15 is 0 Å². The van der Waals surface area contributed by atoms with Gasteiger partial charge in [-0.15, -0.1) is 0 Å². The van der Waals surface area contributed by atoms with Crippen molar-refractivity contribution >= 4 is 29.3 Å². The van der Waals surface area contributed by atoms with Gasteiger partial charge in [0.05, 0.1) is 25.8 Å². The Morgan fingerprint density at radius 1 is 1.09 bits per heavy atom. The summed E-state index contributed by atoms with van der Waals surface area (Å²) < 4.78 is 5.44. The van der Waals surface area contributed by atoms with E-state index in [1.54, 1.807) is 18.2 Å². The van der Waals surface area contributed by atoms with Crippen molar-refractivity contribution in [3.8, 4) is 5.75 Å². The summed E-state index contributed by atoms with van der Waals surface area (Å²) in [7, 11) is 1.52. The first-order chi connectivity index (χ1) is 16.7. The van der Waals surface area contributed by atoms with Gasteiger partial charge in [0, 0.05) is 11.7 Å². The molecule has 1 atom stereocenters. The smallest absolute Gasteiger partial charge is 0.323 e. The summed E-state index contributed by atoms with van der Waals surface area (Å²) in [5.74, 6) is -0.121. The molecule has 0 radical (unpaired) electrons. The number of aliphatic carboxylic acids is 1. The lowest BCUT2D eigenvalue weighted by Crippen LogP contribution is -2.45. The fraction of sp³-hybridized carbons (Fsp3) is 0.423. The maximum Gasteiger partial charge on any atom is 0.323 e. The van der Waals surface area contributed by atoms with Crippen molar-refractivity contribution in [2.24, 2.45) is 5.92 Å². The van der Waals surface area contributed by atoms with Gasteiger partial charge in [0.15, 0.2) is 0 Å². The summed E-state index contributed by atoms with van der Waals surface area (Å²) >= 11 is 0. The third-order valence-corrected chi connectivity index (χ3v) is 6.36. The number of piperidine rings is 1. The Labute approximate surface area is 205 Å². The van der Waals surface area contributed by atoms with Crippen LogP contribution in [0.25, 0.3) is 0 Å². The lowest BCUT2D eigenvalue weighted by Gasteiger charge is -2.34. The van der Waals surface area contributed by atoms with E-state index in [0.717, 1.165) is 42.7 Å². The second kappa shape index (κ2) is 12.2. The Balaban J connectivity index is 1.52. The van der Waals surface area contributed by atoms with Gasteiger partial charge in [-0.3, -0.25) is 14.5 Å². The van der Waals surface area contributed by atoms with Gasteiger partial charge in [0.25, 0.3) is 0 Å². The van der Waals surface area contributed by atoms with Gasteiger partial charge in [-0.2, -0.15) is 0 Å². The van der Waals surface area contributed by atoms with Crippen molar-refractivity contribution in [3.05, 3.63) is 53.6 Å². The van der Waals surface area contributed by atoms with Crippen molar-refractivity contribution in [2.45, 2.75) is 39.2 Å². The standard InChI is InChI=1S/C26H34N4O5/c1-17-6-4-5-7-21(17)28-26(34)29-22-9-8-19(14-23(22)35-3)15-24(31)27-18(2)20-10-12-30(13-11-20)16-25(32)33/h4-9,14,18,20H,10-13,15-16H2,1-3H3,(H,27,31)(H,32,33)(H2,28,29,34). The highest BCUT2D eigenvalue weighted by Crippen LogP contribution is 2.27. The van der Waals surface area contributed by atoms with E-state index in [4.69, 9.17) is 9.84 Å². The number of hydrogen-bond acceptors (Lipinski definition) is 5. The number of carboxylic acids is 1. The Bertz CT molecular complexity index is 1050. The van der Waals surface area contributed by atoms with Crippen LogP contribution in [0.3, 0.4) is 0 Å². The topological polar surface area (TPSA) is 120 Å². The molecule has 1 aliphatic rings. The van der Waals surface area contributed by atoms with Crippen LogP contribution in [0.1, 0.15) is 30.9 Å². The van der Waals surface area contributed by atoms with Gasteiger partial charge >= 0.3 is 12.0 Å². The van der Waals surface area contributed by atoms with Crippen LogP contribution in [0, 0.1) is 12.8 Å².